The topological polar surface area (TPSA) is 101 Å². The minimum absolute atomic E-state index is 0. The van der Waals surface area contributed by atoms with Crippen LogP contribution in [-0.2, 0) is 9.84 Å². The Kier molecular flexibility index (Phi) is 3.95. The monoisotopic (exact) mass is 375 g/mol. The highest BCUT2D eigenvalue weighted by atomic mass is 32.2. The third-order valence-electron chi connectivity index (χ3n) is 4.15. The van der Waals surface area contributed by atoms with Crippen molar-refractivity contribution in [3.05, 3.63) is 48.0 Å². The number of sulfone groups is 1. The molecule has 0 unspecified atom stereocenters. The molecular formula is C17H18FN5O2S. The van der Waals surface area contributed by atoms with E-state index in [4.69, 9.17) is 0 Å². The van der Waals surface area contributed by atoms with Crippen LogP contribution in [0.5, 0.6) is 0 Å². The molecule has 0 atom stereocenters. The van der Waals surface area contributed by atoms with E-state index in [0.29, 0.717) is 17.3 Å². The molecule has 0 aliphatic heterocycles. The zero-order valence-electron chi connectivity index (χ0n) is 13.9. The van der Waals surface area contributed by atoms with E-state index < -0.39 is 15.7 Å². The number of benzene rings is 1. The molecule has 136 valence electrons. The fourth-order valence-electron chi connectivity index (χ4n) is 2.57. The van der Waals surface area contributed by atoms with Gasteiger partial charge in [0.15, 0.2) is 33.1 Å². The molecule has 1 aromatic carbocycles. The molecule has 7 nitrogen and oxygen atoms in total. The van der Waals surface area contributed by atoms with Crippen molar-refractivity contribution in [3.63, 3.8) is 0 Å². The lowest BCUT2D eigenvalue weighted by Crippen LogP contribution is -2.01. The first kappa shape index (κ1) is 16.6. The number of nitrogens with one attached hydrogen (secondary N) is 2. The molecule has 1 fully saturated rings. The Hall–Kier alpha value is -2.81. The number of hydrogen-bond donors (Lipinski definition) is 2. The molecule has 1 saturated carbocycles. The molecule has 4 rings (SSSR count). The van der Waals surface area contributed by atoms with E-state index >= 15 is 0 Å². The normalized spacial score (nSPS) is 14.4. The summed E-state index contributed by atoms with van der Waals surface area (Å²) in [6.07, 6.45) is 4.48. The van der Waals surface area contributed by atoms with Crippen LogP contribution in [-0.4, -0.2) is 34.8 Å². The van der Waals surface area contributed by atoms with Gasteiger partial charge in [-0.25, -0.2) is 22.8 Å². The van der Waals surface area contributed by atoms with E-state index in [2.05, 4.69) is 25.5 Å². The number of halogens is 1. The number of anilines is 2. The lowest BCUT2D eigenvalue weighted by Gasteiger charge is -2.06. The molecule has 9 heteroatoms. The molecular weight excluding hydrogens is 357 g/mol. The lowest BCUT2D eigenvalue weighted by atomic mass is 10.2. The number of H-pyrrole nitrogens is 1. The van der Waals surface area contributed by atoms with Crippen molar-refractivity contribution in [2.24, 2.45) is 0 Å². The maximum Gasteiger partial charge on any atom is 0.184 e. The second-order valence-corrected chi connectivity index (χ2v) is 8.31. The highest BCUT2D eigenvalue weighted by Crippen LogP contribution is 2.39. The second-order valence-electron chi connectivity index (χ2n) is 6.29. The van der Waals surface area contributed by atoms with Crippen molar-refractivity contribution in [1.29, 1.82) is 0 Å². The summed E-state index contributed by atoms with van der Waals surface area (Å²) in [4.78, 5) is 8.38. The van der Waals surface area contributed by atoms with E-state index in [-0.39, 0.29) is 18.0 Å². The minimum Gasteiger partial charge on any atom is -0.321 e. The van der Waals surface area contributed by atoms with Crippen molar-refractivity contribution >= 4 is 21.5 Å². The fraction of sp³-hybridized carbons (Fsp3) is 0.235. The van der Waals surface area contributed by atoms with Crippen LogP contribution < -0.4 is 5.32 Å². The van der Waals surface area contributed by atoms with Gasteiger partial charge in [-0.1, -0.05) is 0 Å². The molecule has 2 aromatic heterocycles. The largest absolute Gasteiger partial charge is 0.321 e. The summed E-state index contributed by atoms with van der Waals surface area (Å²) >= 11 is 0. The van der Waals surface area contributed by atoms with Gasteiger partial charge in [0.1, 0.15) is 0 Å². The number of aromatic amines is 1. The van der Waals surface area contributed by atoms with Crippen molar-refractivity contribution < 1.29 is 14.2 Å². The van der Waals surface area contributed by atoms with Gasteiger partial charge in [-0.3, -0.25) is 5.10 Å². The summed E-state index contributed by atoms with van der Waals surface area (Å²) in [7, 11) is -3.28. The Morgan fingerprint density at radius 1 is 1.27 bits per heavy atom. The van der Waals surface area contributed by atoms with Crippen LogP contribution in [0.2, 0.25) is 0 Å². The summed E-state index contributed by atoms with van der Waals surface area (Å²) in [5.41, 5.74) is 1.61. The number of hydrogen-bond acceptors (Lipinski definition) is 6. The van der Waals surface area contributed by atoms with E-state index in [9.17, 15) is 12.8 Å². The smallest absolute Gasteiger partial charge is 0.184 e. The summed E-state index contributed by atoms with van der Waals surface area (Å²) < 4.78 is 37.1. The first-order valence-corrected chi connectivity index (χ1v) is 9.94. The zero-order chi connectivity index (χ0) is 18.3. The van der Waals surface area contributed by atoms with Gasteiger partial charge in [0, 0.05) is 30.9 Å². The average Bonchev–Trinajstić information content (AvgIpc) is 3.36. The third-order valence-corrected chi connectivity index (χ3v) is 5.27. The SMILES string of the molecule is CS(=O)(=O)c1ccc(-c2ncc(F)c(Nc3cc(C4CC4)[nH]n3)n2)cc1.[HH]. The van der Waals surface area contributed by atoms with Gasteiger partial charge in [-0.2, -0.15) is 5.10 Å². The maximum atomic E-state index is 14.1. The molecule has 2 N–H and O–H groups in total. The van der Waals surface area contributed by atoms with Crippen LogP contribution >= 0.6 is 0 Å². The van der Waals surface area contributed by atoms with Crippen LogP contribution in [0.3, 0.4) is 0 Å². The highest BCUT2D eigenvalue weighted by molar-refractivity contribution is 7.90. The Morgan fingerprint density at radius 3 is 2.65 bits per heavy atom. The van der Waals surface area contributed by atoms with Gasteiger partial charge in [0.2, 0.25) is 0 Å². The van der Waals surface area contributed by atoms with Crippen molar-refractivity contribution in [3.8, 4) is 11.4 Å². The average molecular weight is 375 g/mol. The van der Waals surface area contributed by atoms with Crippen LogP contribution in [0.15, 0.2) is 41.4 Å². The quantitative estimate of drug-likeness (QED) is 0.710. The zero-order valence-corrected chi connectivity index (χ0v) is 14.7. The number of aromatic nitrogens is 4. The summed E-state index contributed by atoms with van der Waals surface area (Å²) in [6, 6.07) is 7.97. The molecule has 1 aliphatic carbocycles. The van der Waals surface area contributed by atoms with Crippen LogP contribution in [0, 0.1) is 5.82 Å². The first-order chi connectivity index (χ1) is 12.4. The maximum absolute atomic E-state index is 14.1. The predicted molar refractivity (Wildman–Crippen MR) is 96.5 cm³/mol. The van der Waals surface area contributed by atoms with Gasteiger partial charge >= 0.3 is 0 Å². The Balaban J connectivity index is 0.00000210. The van der Waals surface area contributed by atoms with E-state index in [0.717, 1.165) is 31.0 Å². The van der Waals surface area contributed by atoms with Gasteiger partial charge in [0.05, 0.1) is 11.1 Å². The predicted octanol–water partition coefficient (Wildman–Crippen LogP) is 3.28. The van der Waals surface area contributed by atoms with Gasteiger partial charge in [-0.05, 0) is 37.1 Å². The van der Waals surface area contributed by atoms with Gasteiger partial charge in [0.25, 0.3) is 0 Å². The van der Waals surface area contributed by atoms with Gasteiger partial charge < -0.3 is 5.32 Å². The Morgan fingerprint density at radius 2 is 2.00 bits per heavy atom. The fourth-order valence-corrected chi connectivity index (χ4v) is 3.20. The standard InChI is InChI=1S/C17H16FN5O2S.H2/c1-26(24,25)12-6-4-11(5-7-12)16-19-9-13(18)17(21-16)20-15-8-14(22-23-15)10-2-3-10;/h4-10H,2-3H2,1H3,(H2,19,20,21,22,23);1H. The Bertz CT molecular complexity index is 1070. The minimum atomic E-state index is -3.28. The third kappa shape index (κ3) is 3.43. The van der Waals surface area contributed by atoms with E-state index in [1.54, 1.807) is 12.1 Å². The molecule has 2 heterocycles. The van der Waals surface area contributed by atoms with Gasteiger partial charge in [-0.15, -0.1) is 0 Å². The molecule has 1 aliphatic rings. The van der Waals surface area contributed by atoms with Crippen molar-refractivity contribution in [2.45, 2.75) is 23.7 Å². The molecule has 0 saturated heterocycles. The molecule has 0 spiro atoms. The number of nitrogens with zero attached hydrogens (tertiary/aromatic N) is 3. The summed E-state index contributed by atoms with van der Waals surface area (Å²) in [5, 5.41) is 9.92. The Labute approximate surface area is 151 Å². The van der Waals surface area contributed by atoms with Crippen LogP contribution in [0.4, 0.5) is 16.0 Å². The van der Waals surface area contributed by atoms with E-state index in [1.165, 1.54) is 12.1 Å². The number of rotatable bonds is 5. The molecule has 0 radical (unpaired) electrons. The highest BCUT2D eigenvalue weighted by Gasteiger charge is 2.25. The summed E-state index contributed by atoms with van der Waals surface area (Å²) in [5.74, 6) is 0.695. The second kappa shape index (κ2) is 6.17. The lowest BCUT2D eigenvalue weighted by molar-refractivity contribution is 0.602. The van der Waals surface area contributed by atoms with Crippen molar-refractivity contribution in [2.75, 3.05) is 11.6 Å². The molecule has 0 amide bonds. The molecule has 3 aromatic rings. The van der Waals surface area contributed by atoms with Crippen molar-refractivity contribution in [1.82, 2.24) is 20.2 Å². The van der Waals surface area contributed by atoms with Crippen LogP contribution in [0.25, 0.3) is 11.4 Å². The molecule has 26 heavy (non-hydrogen) atoms. The first-order valence-electron chi connectivity index (χ1n) is 8.05. The summed E-state index contributed by atoms with van der Waals surface area (Å²) in [6.45, 7) is 0. The van der Waals surface area contributed by atoms with Crippen LogP contribution in [0.1, 0.15) is 25.9 Å². The molecule has 0 bridgehead atoms. The van der Waals surface area contributed by atoms with E-state index in [1.807, 2.05) is 6.07 Å².